The number of halogens is 1. The van der Waals surface area contributed by atoms with E-state index in [2.05, 4.69) is 43.9 Å². The van der Waals surface area contributed by atoms with Crippen LogP contribution in [0.1, 0.15) is 26.2 Å². The van der Waals surface area contributed by atoms with E-state index in [1.54, 1.807) is 0 Å². The SMILES string of the molecule is CC1(N2CCN(c3cc4c(cnn4-c4cnn(C56CC(C5)C6)c4)cc3Cl)CC2)COCC1O. The highest BCUT2D eigenvalue weighted by Gasteiger charge is 2.58. The van der Waals surface area contributed by atoms with Crippen LogP contribution in [0.3, 0.4) is 0 Å². The Hall–Kier alpha value is -2.13. The second-order valence-electron chi connectivity index (χ2n) is 10.6. The van der Waals surface area contributed by atoms with Crippen molar-refractivity contribution in [3.05, 3.63) is 35.7 Å². The quantitative estimate of drug-likeness (QED) is 0.634. The summed E-state index contributed by atoms with van der Waals surface area (Å²) < 4.78 is 9.68. The van der Waals surface area contributed by atoms with E-state index in [9.17, 15) is 5.11 Å². The molecule has 2 unspecified atom stereocenters. The molecule has 3 aliphatic carbocycles. The van der Waals surface area contributed by atoms with Crippen LogP contribution in [0, 0.1) is 5.92 Å². The van der Waals surface area contributed by atoms with E-state index in [4.69, 9.17) is 16.3 Å². The predicted molar refractivity (Wildman–Crippen MR) is 126 cm³/mol. The molecule has 4 heterocycles. The lowest BCUT2D eigenvalue weighted by Gasteiger charge is -2.61. The van der Waals surface area contributed by atoms with E-state index in [0.717, 1.165) is 59.4 Å². The van der Waals surface area contributed by atoms with Crippen molar-refractivity contribution in [2.24, 2.45) is 5.92 Å². The minimum atomic E-state index is -0.440. The van der Waals surface area contributed by atoms with Gasteiger partial charge in [0, 0.05) is 31.6 Å². The first kappa shape index (κ1) is 20.3. The topological polar surface area (TPSA) is 71.6 Å². The summed E-state index contributed by atoms with van der Waals surface area (Å²) in [5, 5.41) is 21.5. The van der Waals surface area contributed by atoms with Gasteiger partial charge in [0.05, 0.1) is 65.2 Å². The monoisotopic (exact) mass is 468 g/mol. The number of aromatic nitrogens is 4. The molecular formula is C24H29ClN6O2. The summed E-state index contributed by atoms with van der Waals surface area (Å²) in [5.74, 6) is 0.917. The molecule has 9 heteroatoms. The number of hydrogen-bond acceptors (Lipinski definition) is 6. The second kappa shape index (κ2) is 6.95. The fraction of sp³-hybridized carbons (Fsp3) is 0.583. The second-order valence-corrected chi connectivity index (χ2v) is 11.0. The van der Waals surface area contributed by atoms with Gasteiger partial charge >= 0.3 is 0 Å². The highest BCUT2D eigenvalue weighted by atomic mass is 35.5. The maximum atomic E-state index is 10.4. The van der Waals surface area contributed by atoms with Crippen molar-refractivity contribution in [3.63, 3.8) is 0 Å². The van der Waals surface area contributed by atoms with Gasteiger partial charge in [-0.1, -0.05) is 11.6 Å². The third-order valence-electron chi connectivity index (χ3n) is 8.67. The highest BCUT2D eigenvalue weighted by Crippen LogP contribution is 2.62. The van der Waals surface area contributed by atoms with Crippen LogP contribution in [0.15, 0.2) is 30.7 Å². The number of rotatable bonds is 4. The van der Waals surface area contributed by atoms with Crippen molar-refractivity contribution in [2.75, 3.05) is 44.3 Å². The van der Waals surface area contributed by atoms with Crippen LogP contribution >= 0.6 is 11.6 Å². The van der Waals surface area contributed by atoms with E-state index in [-0.39, 0.29) is 11.1 Å². The van der Waals surface area contributed by atoms with Gasteiger partial charge in [-0.3, -0.25) is 9.58 Å². The number of anilines is 1. The molecule has 1 aromatic carbocycles. The van der Waals surface area contributed by atoms with Gasteiger partial charge in [-0.05, 0) is 44.2 Å². The van der Waals surface area contributed by atoms with Crippen molar-refractivity contribution in [1.29, 1.82) is 0 Å². The van der Waals surface area contributed by atoms with Gasteiger partial charge in [0.2, 0.25) is 0 Å². The molecule has 8 nitrogen and oxygen atoms in total. The zero-order valence-electron chi connectivity index (χ0n) is 18.8. The zero-order chi connectivity index (χ0) is 22.4. The molecule has 1 N–H and O–H groups in total. The minimum Gasteiger partial charge on any atom is -0.389 e. The average molecular weight is 469 g/mol. The Balaban J connectivity index is 1.16. The molecule has 0 amide bonds. The lowest BCUT2D eigenvalue weighted by Crippen LogP contribution is -2.60. The van der Waals surface area contributed by atoms with E-state index >= 15 is 0 Å². The Morgan fingerprint density at radius 3 is 2.55 bits per heavy atom. The number of nitrogens with zero attached hydrogens (tertiary/aromatic N) is 6. The first-order valence-electron chi connectivity index (χ1n) is 11.9. The summed E-state index contributed by atoms with van der Waals surface area (Å²) in [6, 6.07) is 4.18. The first-order valence-corrected chi connectivity index (χ1v) is 12.3. The van der Waals surface area contributed by atoms with Gasteiger partial charge in [-0.15, -0.1) is 0 Å². The molecule has 33 heavy (non-hydrogen) atoms. The molecular weight excluding hydrogens is 440 g/mol. The summed E-state index contributed by atoms with van der Waals surface area (Å²) >= 11 is 6.73. The van der Waals surface area contributed by atoms with E-state index in [0.29, 0.717) is 13.2 Å². The maximum Gasteiger partial charge on any atom is 0.103 e. The summed E-state index contributed by atoms with van der Waals surface area (Å²) in [7, 11) is 0. The smallest absolute Gasteiger partial charge is 0.103 e. The van der Waals surface area contributed by atoms with Gasteiger partial charge in [0.1, 0.15) is 5.69 Å². The molecule has 3 aromatic rings. The molecule has 2 aromatic heterocycles. The van der Waals surface area contributed by atoms with Gasteiger partial charge in [-0.2, -0.15) is 10.2 Å². The number of piperazine rings is 1. The van der Waals surface area contributed by atoms with Crippen LogP contribution < -0.4 is 4.90 Å². The molecule has 3 saturated carbocycles. The van der Waals surface area contributed by atoms with E-state index < -0.39 is 6.10 Å². The number of ether oxygens (including phenoxy) is 1. The normalized spacial score (nSPS) is 34.0. The van der Waals surface area contributed by atoms with Crippen LogP contribution in [0.2, 0.25) is 5.02 Å². The summed E-state index contributed by atoms with van der Waals surface area (Å²) in [6.07, 6.45) is 9.31. The number of hydrogen-bond donors (Lipinski definition) is 1. The van der Waals surface area contributed by atoms with Gasteiger partial charge < -0.3 is 14.7 Å². The summed E-state index contributed by atoms with van der Waals surface area (Å²) in [4.78, 5) is 4.70. The van der Waals surface area contributed by atoms with Gasteiger partial charge in [-0.25, -0.2) is 4.68 Å². The van der Waals surface area contributed by atoms with E-state index in [1.807, 2.05) is 23.1 Å². The fourth-order valence-corrected chi connectivity index (χ4v) is 6.58. The Morgan fingerprint density at radius 2 is 1.88 bits per heavy atom. The largest absolute Gasteiger partial charge is 0.389 e. The molecule has 0 spiro atoms. The number of aliphatic hydroxyl groups excluding tert-OH is 1. The first-order chi connectivity index (χ1) is 16.0. The Labute approximate surface area is 197 Å². The molecule has 2 aliphatic heterocycles. The molecule has 0 radical (unpaired) electrons. The molecule has 8 rings (SSSR count). The van der Waals surface area contributed by atoms with Crippen LogP contribution in [0.5, 0.6) is 0 Å². The van der Waals surface area contributed by atoms with Crippen LogP contribution in [-0.2, 0) is 10.3 Å². The van der Waals surface area contributed by atoms with Crippen LogP contribution in [0.25, 0.3) is 16.6 Å². The summed E-state index contributed by atoms with van der Waals surface area (Å²) in [6.45, 7) is 6.52. The van der Waals surface area contributed by atoms with Crippen molar-refractivity contribution in [3.8, 4) is 5.69 Å². The standard InChI is InChI=1S/C24H29ClN6O2/c1-23(15-33-14-22(23)32)29-4-2-28(3-5-29)21-7-20-17(6-19(21)25)11-27-31(20)18-12-26-30(13-18)24-8-16(9-24)10-24/h6-7,11-13,16,22,32H,2-5,8-10,14-15H2,1H3. The predicted octanol–water partition coefficient (Wildman–Crippen LogP) is 2.66. The maximum absolute atomic E-state index is 10.4. The molecule has 174 valence electrons. The average Bonchev–Trinajstić information content (AvgIpc) is 3.45. The zero-order valence-corrected chi connectivity index (χ0v) is 19.6. The van der Waals surface area contributed by atoms with Crippen molar-refractivity contribution >= 4 is 28.2 Å². The lowest BCUT2D eigenvalue weighted by atomic mass is 9.50. The minimum absolute atomic E-state index is 0.272. The van der Waals surface area contributed by atoms with Crippen molar-refractivity contribution in [1.82, 2.24) is 24.5 Å². The number of benzene rings is 1. The molecule has 2 atom stereocenters. The number of aliphatic hydroxyl groups is 1. The Bertz CT molecular complexity index is 1210. The van der Waals surface area contributed by atoms with Gasteiger partial charge in [0.25, 0.3) is 0 Å². The molecule has 5 aliphatic rings. The third-order valence-corrected chi connectivity index (χ3v) is 8.98. The third kappa shape index (κ3) is 2.87. The summed E-state index contributed by atoms with van der Waals surface area (Å²) in [5.41, 5.74) is 3.04. The highest BCUT2D eigenvalue weighted by molar-refractivity contribution is 6.34. The lowest BCUT2D eigenvalue weighted by molar-refractivity contribution is -0.0977. The van der Waals surface area contributed by atoms with Gasteiger partial charge in [0.15, 0.2) is 0 Å². The fourth-order valence-electron chi connectivity index (χ4n) is 6.29. The molecule has 2 saturated heterocycles. The number of fused-ring (bicyclic) bond motifs is 1. The molecule has 2 bridgehead atoms. The van der Waals surface area contributed by atoms with Crippen molar-refractivity contribution in [2.45, 2.75) is 43.4 Å². The van der Waals surface area contributed by atoms with Crippen LogP contribution in [0.4, 0.5) is 5.69 Å². The molecule has 5 fully saturated rings. The van der Waals surface area contributed by atoms with Crippen molar-refractivity contribution < 1.29 is 9.84 Å². The van der Waals surface area contributed by atoms with Crippen LogP contribution in [-0.4, -0.2) is 80.6 Å². The Kier molecular flexibility index (Phi) is 4.26. The van der Waals surface area contributed by atoms with E-state index in [1.165, 1.54) is 19.3 Å². The Morgan fingerprint density at radius 1 is 1.09 bits per heavy atom.